The van der Waals surface area contributed by atoms with Crippen molar-refractivity contribution in [2.75, 3.05) is 25.2 Å². The van der Waals surface area contributed by atoms with Gasteiger partial charge in [-0.2, -0.15) is 0 Å². The van der Waals surface area contributed by atoms with Crippen LogP contribution >= 0.6 is 0 Å². The zero-order chi connectivity index (χ0) is 18.0. The fourth-order valence-corrected chi connectivity index (χ4v) is 3.95. The zero-order valence-corrected chi connectivity index (χ0v) is 15.2. The summed E-state index contributed by atoms with van der Waals surface area (Å²) in [4.78, 5) is 14.6. The SMILES string of the molecule is CN(CC(=O)Nc1ccc(S(C)(=O)=O)cc1)[C@H]1CCc2ccccc21. The maximum absolute atomic E-state index is 12.3. The lowest BCUT2D eigenvalue weighted by Gasteiger charge is -2.24. The molecule has 2 aromatic carbocycles. The molecule has 0 heterocycles. The van der Waals surface area contributed by atoms with Gasteiger partial charge in [-0.15, -0.1) is 0 Å². The molecule has 1 N–H and O–H groups in total. The molecule has 0 fully saturated rings. The second-order valence-corrected chi connectivity index (χ2v) is 8.53. The van der Waals surface area contributed by atoms with Crippen molar-refractivity contribution in [3.05, 3.63) is 59.7 Å². The molecule has 0 aromatic heterocycles. The second kappa shape index (κ2) is 6.98. The Morgan fingerprint density at radius 2 is 1.84 bits per heavy atom. The van der Waals surface area contributed by atoms with E-state index in [2.05, 4.69) is 22.3 Å². The monoisotopic (exact) mass is 358 g/mol. The number of rotatable bonds is 5. The molecule has 2 aromatic rings. The van der Waals surface area contributed by atoms with Crippen LogP contribution in [0.25, 0.3) is 0 Å². The van der Waals surface area contributed by atoms with Crippen molar-refractivity contribution in [3.63, 3.8) is 0 Å². The third-order valence-electron chi connectivity index (χ3n) is 4.59. The summed E-state index contributed by atoms with van der Waals surface area (Å²) in [6.07, 6.45) is 3.22. The van der Waals surface area contributed by atoms with Gasteiger partial charge in [0.25, 0.3) is 0 Å². The maximum Gasteiger partial charge on any atom is 0.238 e. The van der Waals surface area contributed by atoms with E-state index in [0.29, 0.717) is 5.69 Å². The average molecular weight is 358 g/mol. The molecule has 0 saturated carbocycles. The topological polar surface area (TPSA) is 66.5 Å². The second-order valence-electron chi connectivity index (χ2n) is 6.51. The molecule has 25 heavy (non-hydrogen) atoms. The van der Waals surface area contributed by atoms with Gasteiger partial charge in [-0.25, -0.2) is 8.42 Å². The van der Waals surface area contributed by atoms with Crippen LogP contribution in [0.4, 0.5) is 5.69 Å². The number of likely N-dealkylation sites (N-methyl/N-ethyl adjacent to an activating group) is 1. The molecule has 3 rings (SSSR count). The number of carbonyl (C=O) groups is 1. The largest absolute Gasteiger partial charge is 0.325 e. The van der Waals surface area contributed by atoms with Gasteiger partial charge in [-0.05, 0) is 55.3 Å². The number of carbonyl (C=O) groups excluding carboxylic acids is 1. The van der Waals surface area contributed by atoms with Crippen molar-refractivity contribution < 1.29 is 13.2 Å². The Balaban J connectivity index is 1.61. The fraction of sp³-hybridized carbons (Fsp3) is 0.316. The molecule has 0 unspecified atom stereocenters. The number of sulfone groups is 1. The van der Waals surface area contributed by atoms with Crippen LogP contribution in [0.5, 0.6) is 0 Å². The van der Waals surface area contributed by atoms with Gasteiger partial charge in [0, 0.05) is 18.0 Å². The number of aryl methyl sites for hydroxylation is 1. The molecule has 0 aliphatic heterocycles. The van der Waals surface area contributed by atoms with Crippen LogP contribution in [-0.2, 0) is 21.1 Å². The van der Waals surface area contributed by atoms with Crippen molar-refractivity contribution in [1.82, 2.24) is 4.90 Å². The number of fused-ring (bicyclic) bond motifs is 1. The summed E-state index contributed by atoms with van der Waals surface area (Å²) < 4.78 is 22.9. The number of amides is 1. The fourth-order valence-electron chi connectivity index (χ4n) is 3.32. The van der Waals surface area contributed by atoms with Crippen LogP contribution in [0.3, 0.4) is 0 Å². The minimum atomic E-state index is -3.23. The Hall–Kier alpha value is -2.18. The normalized spacial score (nSPS) is 16.7. The number of nitrogens with zero attached hydrogens (tertiary/aromatic N) is 1. The van der Waals surface area contributed by atoms with Crippen LogP contribution < -0.4 is 5.32 Å². The van der Waals surface area contributed by atoms with E-state index >= 15 is 0 Å². The lowest BCUT2D eigenvalue weighted by molar-refractivity contribution is -0.117. The summed E-state index contributed by atoms with van der Waals surface area (Å²) in [5.41, 5.74) is 3.25. The van der Waals surface area contributed by atoms with E-state index in [1.807, 2.05) is 19.2 Å². The molecule has 6 heteroatoms. The number of anilines is 1. The van der Waals surface area contributed by atoms with Crippen molar-refractivity contribution in [2.45, 2.75) is 23.8 Å². The molecule has 0 spiro atoms. The van der Waals surface area contributed by atoms with Crippen molar-refractivity contribution in [3.8, 4) is 0 Å². The Morgan fingerprint density at radius 3 is 2.52 bits per heavy atom. The Bertz CT molecular complexity index is 876. The van der Waals surface area contributed by atoms with Crippen molar-refractivity contribution in [1.29, 1.82) is 0 Å². The molecule has 132 valence electrons. The minimum Gasteiger partial charge on any atom is -0.325 e. The molecule has 1 aliphatic carbocycles. The van der Waals surface area contributed by atoms with Crippen molar-refractivity contribution in [2.24, 2.45) is 0 Å². The quantitative estimate of drug-likeness (QED) is 0.892. The molecule has 0 bridgehead atoms. The van der Waals surface area contributed by atoms with E-state index in [9.17, 15) is 13.2 Å². The highest BCUT2D eigenvalue weighted by molar-refractivity contribution is 7.90. The van der Waals surface area contributed by atoms with E-state index in [1.165, 1.54) is 23.3 Å². The number of hydrogen-bond donors (Lipinski definition) is 1. The summed E-state index contributed by atoms with van der Waals surface area (Å²) in [7, 11) is -1.27. The molecule has 1 amide bonds. The smallest absolute Gasteiger partial charge is 0.238 e. The third kappa shape index (κ3) is 4.08. The van der Waals surface area contributed by atoms with Crippen LogP contribution in [0.2, 0.25) is 0 Å². The van der Waals surface area contributed by atoms with Crippen LogP contribution in [-0.4, -0.2) is 39.1 Å². The third-order valence-corrected chi connectivity index (χ3v) is 5.72. The van der Waals surface area contributed by atoms with E-state index in [4.69, 9.17) is 0 Å². The van der Waals surface area contributed by atoms with E-state index in [-0.39, 0.29) is 23.4 Å². The molecule has 0 saturated heterocycles. The summed E-state index contributed by atoms with van der Waals surface area (Å²) in [5.74, 6) is -0.112. The van der Waals surface area contributed by atoms with Gasteiger partial charge < -0.3 is 5.32 Å². The highest BCUT2D eigenvalue weighted by Crippen LogP contribution is 2.34. The highest BCUT2D eigenvalue weighted by atomic mass is 32.2. The standard InChI is InChI=1S/C19H22N2O3S/c1-21(18-12-7-14-5-3-4-6-17(14)18)13-19(22)20-15-8-10-16(11-9-15)25(2,23)24/h3-6,8-11,18H,7,12-13H2,1-2H3,(H,20,22)/t18-/m0/s1. The maximum atomic E-state index is 12.3. The predicted molar refractivity (Wildman–Crippen MR) is 98.3 cm³/mol. The predicted octanol–water partition coefficient (Wildman–Crippen LogP) is 2.65. The average Bonchev–Trinajstić information content (AvgIpc) is 2.98. The molecule has 0 radical (unpaired) electrons. The first kappa shape index (κ1) is 17.6. The number of nitrogens with one attached hydrogen (secondary N) is 1. The number of benzene rings is 2. The highest BCUT2D eigenvalue weighted by Gasteiger charge is 2.26. The van der Waals surface area contributed by atoms with E-state index < -0.39 is 9.84 Å². The lowest BCUT2D eigenvalue weighted by atomic mass is 10.1. The Labute approximate surface area is 148 Å². The van der Waals surface area contributed by atoms with Gasteiger partial charge >= 0.3 is 0 Å². The number of hydrogen-bond acceptors (Lipinski definition) is 4. The molecular formula is C19H22N2O3S. The first-order valence-electron chi connectivity index (χ1n) is 8.22. The lowest BCUT2D eigenvalue weighted by Crippen LogP contribution is -2.32. The van der Waals surface area contributed by atoms with Gasteiger partial charge in [0.1, 0.15) is 0 Å². The van der Waals surface area contributed by atoms with E-state index in [1.54, 1.807) is 12.1 Å². The van der Waals surface area contributed by atoms with Crippen LogP contribution in [0, 0.1) is 0 Å². The first-order valence-corrected chi connectivity index (χ1v) is 10.1. The molecule has 5 nitrogen and oxygen atoms in total. The summed E-state index contributed by atoms with van der Waals surface area (Å²) in [6.45, 7) is 0.285. The van der Waals surface area contributed by atoms with Gasteiger partial charge in [-0.1, -0.05) is 24.3 Å². The first-order chi connectivity index (χ1) is 11.8. The molecule has 1 atom stereocenters. The zero-order valence-electron chi connectivity index (χ0n) is 14.4. The van der Waals surface area contributed by atoms with E-state index in [0.717, 1.165) is 19.1 Å². The van der Waals surface area contributed by atoms with Gasteiger partial charge in [0.2, 0.25) is 5.91 Å². The summed E-state index contributed by atoms with van der Waals surface area (Å²) >= 11 is 0. The van der Waals surface area contributed by atoms with Crippen LogP contribution in [0.1, 0.15) is 23.6 Å². The molecular weight excluding hydrogens is 336 g/mol. The van der Waals surface area contributed by atoms with Gasteiger partial charge in [-0.3, -0.25) is 9.69 Å². The summed E-state index contributed by atoms with van der Waals surface area (Å²) in [6, 6.07) is 14.8. The minimum absolute atomic E-state index is 0.112. The molecule has 1 aliphatic rings. The van der Waals surface area contributed by atoms with Crippen LogP contribution in [0.15, 0.2) is 53.4 Å². The van der Waals surface area contributed by atoms with Crippen molar-refractivity contribution >= 4 is 21.4 Å². The summed E-state index contributed by atoms with van der Waals surface area (Å²) in [5, 5.41) is 2.82. The Kier molecular flexibility index (Phi) is 4.92. The van der Waals surface area contributed by atoms with Gasteiger partial charge in [0.05, 0.1) is 11.4 Å². The Morgan fingerprint density at radius 1 is 1.16 bits per heavy atom. The van der Waals surface area contributed by atoms with Gasteiger partial charge in [0.15, 0.2) is 9.84 Å².